The van der Waals surface area contributed by atoms with E-state index in [1.54, 1.807) is 7.11 Å². The van der Waals surface area contributed by atoms with E-state index in [0.29, 0.717) is 13.2 Å². The number of anilines is 1. The van der Waals surface area contributed by atoms with Crippen LogP contribution in [-0.2, 0) is 4.74 Å². The third-order valence-electron chi connectivity index (χ3n) is 3.25. The standard InChI is InChI=1S/C19H26N2.C3H9NO/c1-4-7-9-13-17(6-3)16-20-19(12-5-2)21-18-14-10-8-11-15-18;1-5-3-2-4/h4,6-15,20-21H,5,16H2,1-3H3;2-4H2,1H3/b7-4-,13-9-,17-6+,19-12+;. The second-order valence-corrected chi connectivity index (χ2v) is 5.40. The summed E-state index contributed by atoms with van der Waals surface area (Å²) < 4.78 is 4.57. The molecule has 4 N–H and O–H groups in total. The minimum atomic E-state index is 0.622. The van der Waals surface area contributed by atoms with Crippen LogP contribution >= 0.6 is 0 Å². The first-order valence-electron chi connectivity index (χ1n) is 9.11. The molecule has 0 aromatic heterocycles. The van der Waals surface area contributed by atoms with Gasteiger partial charge in [0, 0.05) is 25.9 Å². The summed E-state index contributed by atoms with van der Waals surface area (Å²) in [5.74, 6) is 1.04. The van der Waals surface area contributed by atoms with Crippen LogP contribution < -0.4 is 16.4 Å². The summed E-state index contributed by atoms with van der Waals surface area (Å²) >= 11 is 0. The molecule has 0 aliphatic heterocycles. The lowest BCUT2D eigenvalue weighted by atomic mass is 10.2. The molecule has 1 rings (SSSR count). The normalized spacial score (nSPS) is 12.2. The zero-order valence-corrected chi connectivity index (χ0v) is 16.7. The maximum absolute atomic E-state index is 5.01. The first-order valence-corrected chi connectivity index (χ1v) is 9.11. The summed E-state index contributed by atoms with van der Waals surface area (Å²) in [6.45, 7) is 8.30. The van der Waals surface area contributed by atoms with Crippen LogP contribution in [0.5, 0.6) is 0 Å². The summed E-state index contributed by atoms with van der Waals surface area (Å²) in [4.78, 5) is 0. The van der Waals surface area contributed by atoms with Gasteiger partial charge in [-0.25, -0.2) is 0 Å². The van der Waals surface area contributed by atoms with E-state index in [1.807, 2.05) is 37.3 Å². The molecule has 0 aliphatic rings. The summed E-state index contributed by atoms with van der Waals surface area (Å²) in [5, 5.41) is 6.86. The summed E-state index contributed by atoms with van der Waals surface area (Å²) in [6, 6.07) is 10.2. The average Bonchev–Trinajstić information content (AvgIpc) is 2.66. The molecule has 1 aromatic carbocycles. The second-order valence-electron chi connectivity index (χ2n) is 5.40. The molecule has 144 valence electrons. The van der Waals surface area contributed by atoms with Crippen molar-refractivity contribution < 1.29 is 4.74 Å². The Morgan fingerprint density at radius 2 is 1.88 bits per heavy atom. The van der Waals surface area contributed by atoms with Gasteiger partial charge in [-0.15, -0.1) is 0 Å². The molecule has 0 aliphatic carbocycles. The topological polar surface area (TPSA) is 59.3 Å². The highest BCUT2D eigenvalue weighted by molar-refractivity contribution is 5.47. The molecular weight excluding hydrogens is 322 g/mol. The van der Waals surface area contributed by atoms with Crippen molar-refractivity contribution in [1.82, 2.24) is 5.32 Å². The molecule has 1 aromatic rings. The van der Waals surface area contributed by atoms with Crippen molar-refractivity contribution in [1.29, 1.82) is 0 Å². The predicted octanol–water partition coefficient (Wildman–Crippen LogP) is 4.61. The molecule has 4 nitrogen and oxygen atoms in total. The lowest BCUT2D eigenvalue weighted by molar-refractivity contribution is 0.207. The van der Waals surface area contributed by atoms with Crippen molar-refractivity contribution in [3.05, 3.63) is 78.2 Å². The number of para-hydroxylation sites is 1. The van der Waals surface area contributed by atoms with Crippen LogP contribution in [-0.4, -0.2) is 26.8 Å². The highest BCUT2D eigenvalue weighted by Gasteiger charge is 1.98. The van der Waals surface area contributed by atoms with E-state index < -0.39 is 0 Å². The molecule has 0 saturated heterocycles. The monoisotopic (exact) mass is 357 g/mol. The van der Waals surface area contributed by atoms with Gasteiger partial charge in [-0.1, -0.05) is 55.5 Å². The van der Waals surface area contributed by atoms with Gasteiger partial charge in [0.1, 0.15) is 0 Å². The van der Waals surface area contributed by atoms with E-state index in [9.17, 15) is 0 Å². The lowest BCUT2D eigenvalue weighted by Crippen LogP contribution is -2.21. The molecular formula is C22H35N3O. The van der Waals surface area contributed by atoms with E-state index in [4.69, 9.17) is 5.73 Å². The minimum Gasteiger partial charge on any atom is -0.383 e. The van der Waals surface area contributed by atoms with Gasteiger partial charge in [-0.2, -0.15) is 0 Å². The highest BCUT2D eigenvalue weighted by Crippen LogP contribution is 2.08. The van der Waals surface area contributed by atoms with Gasteiger partial charge >= 0.3 is 0 Å². The van der Waals surface area contributed by atoms with E-state index in [0.717, 1.165) is 24.5 Å². The van der Waals surface area contributed by atoms with E-state index >= 15 is 0 Å². The molecule has 0 spiro atoms. The zero-order valence-electron chi connectivity index (χ0n) is 16.7. The maximum Gasteiger partial charge on any atom is 0.0992 e. The Morgan fingerprint density at radius 3 is 2.38 bits per heavy atom. The predicted molar refractivity (Wildman–Crippen MR) is 115 cm³/mol. The van der Waals surface area contributed by atoms with Gasteiger partial charge in [0.15, 0.2) is 0 Å². The van der Waals surface area contributed by atoms with Crippen molar-refractivity contribution in [3.63, 3.8) is 0 Å². The van der Waals surface area contributed by atoms with Crippen LogP contribution in [0.2, 0.25) is 0 Å². The molecule has 26 heavy (non-hydrogen) atoms. The van der Waals surface area contributed by atoms with Crippen LogP contribution in [0.3, 0.4) is 0 Å². The van der Waals surface area contributed by atoms with E-state index in [1.165, 1.54) is 5.57 Å². The fourth-order valence-electron chi connectivity index (χ4n) is 1.91. The van der Waals surface area contributed by atoms with Crippen LogP contribution in [0.4, 0.5) is 5.69 Å². The number of hydrogen-bond acceptors (Lipinski definition) is 4. The zero-order chi connectivity index (χ0) is 19.5. The Morgan fingerprint density at radius 1 is 1.15 bits per heavy atom. The number of nitrogens with two attached hydrogens (primary N) is 1. The molecule has 0 atom stereocenters. The Kier molecular flexibility index (Phi) is 16.0. The van der Waals surface area contributed by atoms with Crippen molar-refractivity contribution in [2.45, 2.75) is 27.2 Å². The molecule has 4 heteroatoms. The van der Waals surface area contributed by atoms with E-state index in [-0.39, 0.29) is 0 Å². The van der Waals surface area contributed by atoms with E-state index in [2.05, 4.69) is 65.7 Å². The maximum atomic E-state index is 5.01. The first kappa shape index (κ1) is 23.7. The van der Waals surface area contributed by atoms with Crippen LogP contribution in [0.15, 0.2) is 78.2 Å². The lowest BCUT2D eigenvalue weighted by Gasteiger charge is -2.14. The number of hydrogen-bond donors (Lipinski definition) is 3. The smallest absolute Gasteiger partial charge is 0.0992 e. The minimum absolute atomic E-state index is 0.622. The van der Waals surface area contributed by atoms with Crippen molar-refractivity contribution in [2.24, 2.45) is 5.73 Å². The molecule has 0 unspecified atom stereocenters. The van der Waals surface area contributed by atoms with Crippen LogP contribution in [0.1, 0.15) is 27.2 Å². The Hall–Kier alpha value is -2.30. The largest absolute Gasteiger partial charge is 0.383 e. The molecule has 0 bridgehead atoms. The SMILES string of the molecule is COCCN.C\C=C/C=C\C(=C/C)CN/C(=C\CC)Nc1ccccc1. The number of rotatable bonds is 10. The van der Waals surface area contributed by atoms with Gasteiger partial charge < -0.3 is 21.1 Å². The van der Waals surface area contributed by atoms with Gasteiger partial charge in [-0.05, 0) is 44.1 Å². The fourth-order valence-corrected chi connectivity index (χ4v) is 1.91. The summed E-state index contributed by atoms with van der Waals surface area (Å²) in [6.07, 6.45) is 13.5. The van der Waals surface area contributed by atoms with Gasteiger partial charge in [0.25, 0.3) is 0 Å². The number of nitrogens with one attached hydrogen (secondary N) is 2. The quantitative estimate of drug-likeness (QED) is 0.535. The molecule has 0 amide bonds. The average molecular weight is 358 g/mol. The van der Waals surface area contributed by atoms with Crippen molar-refractivity contribution in [2.75, 3.05) is 32.1 Å². The van der Waals surface area contributed by atoms with Crippen molar-refractivity contribution in [3.8, 4) is 0 Å². The first-order chi connectivity index (χ1) is 12.7. The number of allylic oxidation sites excluding steroid dienone is 5. The molecule has 0 radical (unpaired) electrons. The Labute approximate surface area is 159 Å². The van der Waals surface area contributed by atoms with Gasteiger partial charge in [0.05, 0.1) is 12.4 Å². The molecule has 0 saturated carbocycles. The fraction of sp³-hybridized carbons (Fsp3) is 0.364. The van der Waals surface area contributed by atoms with Gasteiger partial charge in [0.2, 0.25) is 0 Å². The molecule has 0 heterocycles. The molecule has 0 fully saturated rings. The second kappa shape index (κ2) is 17.5. The number of ether oxygens (including phenoxy) is 1. The third kappa shape index (κ3) is 13.0. The van der Waals surface area contributed by atoms with Crippen molar-refractivity contribution >= 4 is 5.69 Å². The Bertz CT molecular complexity index is 558. The van der Waals surface area contributed by atoms with Crippen LogP contribution in [0.25, 0.3) is 0 Å². The van der Waals surface area contributed by atoms with Gasteiger partial charge in [-0.3, -0.25) is 0 Å². The number of benzene rings is 1. The number of methoxy groups -OCH3 is 1. The highest BCUT2D eigenvalue weighted by atomic mass is 16.5. The summed E-state index contributed by atoms with van der Waals surface area (Å²) in [5.41, 5.74) is 7.36. The van der Waals surface area contributed by atoms with Crippen LogP contribution in [0, 0.1) is 0 Å². The Balaban J connectivity index is 0.00000110. The third-order valence-corrected chi connectivity index (χ3v) is 3.25. The summed E-state index contributed by atoms with van der Waals surface area (Å²) in [7, 11) is 1.63.